The average Bonchev–Trinajstić information content (AvgIpc) is 3.17. The lowest BCUT2D eigenvalue weighted by Gasteiger charge is -2.01. The van der Waals surface area contributed by atoms with Crippen molar-refractivity contribution in [3.63, 3.8) is 0 Å². The van der Waals surface area contributed by atoms with Gasteiger partial charge >= 0.3 is 12.1 Å². The number of ketones is 1. The molecule has 0 radical (unpaired) electrons. The van der Waals surface area contributed by atoms with E-state index < -0.39 is 12.1 Å². The van der Waals surface area contributed by atoms with E-state index >= 15 is 0 Å². The number of nitrogens with zero attached hydrogens (tertiary/aromatic N) is 3. The summed E-state index contributed by atoms with van der Waals surface area (Å²) in [5.74, 6) is -1.94. The molecular weight excluding hydrogens is 343 g/mol. The number of hydrogen-bond donors (Lipinski definition) is 0. The first-order valence-corrected chi connectivity index (χ1v) is 7.57. The van der Waals surface area contributed by atoms with Gasteiger partial charge in [-0.2, -0.15) is 18.2 Å². The number of hydrogen-bond acceptors (Lipinski definition) is 6. The fourth-order valence-corrected chi connectivity index (χ4v) is 2.78. The molecule has 0 aliphatic heterocycles. The summed E-state index contributed by atoms with van der Waals surface area (Å²) < 4.78 is 41.7. The maximum Gasteiger partial charge on any atom is 0.471 e. The molecule has 0 aliphatic carbocycles. The number of halogens is 3. The van der Waals surface area contributed by atoms with Crippen LogP contribution in [-0.4, -0.2) is 20.9 Å². The summed E-state index contributed by atoms with van der Waals surface area (Å²) >= 11 is 0.981. The highest BCUT2D eigenvalue weighted by Gasteiger charge is 2.38. The van der Waals surface area contributed by atoms with Gasteiger partial charge in [0.1, 0.15) is 5.69 Å². The minimum Gasteiger partial charge on any atom is -0.329 e. The van der Waals surface area contributed by atoms with Crippen LogP contribution in [0, 0.1) is 13.8 Å². The van der Waals surface area contributed by atoms with Crippen LogP contribution in [-0.2, 0) is 6.18 Å². The van der Waals surface area contributed by atoms with Gasteiger partial charge in [-0.15, -0.1) is 11.3 Å². The third kappa shape index (κ3) is 3.07. The number of aromatic nitrogens is 3. The Hall–Kier alpha value is -2.55. The van der Waals surface area contributed by atoms with Crippen molar-refractivity contribution < 1.29 is 22.5 Å². The predicted molar refractivity (Wildman–Crippen MR) is 79.8 cm³/mol. The Labute approximate surface area is 138 Å². The summed E-state index contributed by atoms with van der Waals surface area (Å²) in [6.07, 6.45) is -4.70. The summed E-state index contributed by atoms with van der Waals surface area (Å²) in [5, 5.41) is 3.30. The second-order valence-corrected chi connectivity index (χ2v) is 6.10. The lowest BCUT2D eigenvalue weighted by Crippen LogP contribution is -2.04. The van der Waals surface area contributed by atoms with Gasteiger partial charge in [-0.1, -0.05) is 11.2 Å². The van der Waals surface area contributed by atoms with Crippen LogP contribution in [0.4, 0.5) is 13.2 Å². The van der Waals surface area contributed by atoms with Gasteiger partial charge in [0.25, 0.3) is 0 Å². The molecule has 9 heteroatoms. The molecule has 24 heavy (non-hydrogen) atoms. The zero-order valence-electron chi connectivity index (χ0n) is 12.5. The Balaban J connectivity index is 1.88. The molecule has 0 bridgehead atoms. The Morgan fingerprint density at radius 2 is 1.88 bits per heavy atom. The van der Waals surface area contributed by atoms with E-state index in [1.54, 1.807) is 19.1 Å². The van der Waals surface area contributed by atoms with Gasteiger partial charge in [-0.05, 0) is 37.6 Å². The van der Waals surface area contributed by atoms with Crippen LogP contribution in [0.25, 0.3) is 10.7 Å². The maximum absolute atomic E-state index is 12.5. The van der Waals surface area contributed by atoms with E-state index in [1.165, 1.54) is 12.1 Å². The van der Waals surface area contributed by atoms with Gasteiger partial charge in [-0.25, -0.2) is 4.98 Å². The van der Waals surface area contributed by atoms with Gasteiger partial charge in [0.15, 0.2) is 0 Å². The first-order valence-electron chi connectivity index (χ1n) is 6.76. The number of aryl methyl sites for hydroxylation is 2. The highest BCUT2D eigenvalue weighted by molar-refractivity contribution is 7.17. The quantitative estimate of drug-likeness (QED) is 0.664. The summed E-state index contributed by atoms with van der Waals surface area (Å²) in [5.41, 5.74) is 1.98. The van der Waals surface area contributed by atoms with E-state index in [4.69, 9.17) is 0 Å². The van der Waals surface area contributed by atoms with Crippen molar-refractivity contribution >= 4 is 17.1 Å². The molecule has 3 aromatic rings. The van der Waals surface area contributed by atoms with Gasteiger partial charge in [-0.3, -0.25) is 4.79 Å². The monoisotopic (exact) mass is 353 g/mol. The molecule has 3 aromatic heterocycles. The maximum atomic E-state index is 12.5. The normalized spacial score (nSPS) is 11.7. The van der Waals surface area contributed by atoms with Crippen molar-refractivity contribution in [2.45, 2.75) is 20.0 Å². The molecule has 0 saturated carbocycles. The number of carbonyl (C=O) groups is 1. The number of pyridine rings is 1. The van der Waals surface area contributed by atoms with Crippen LogP contribution >= 0.6 is 11.3 Å². The molecule has 3 rings (SSSR count). The van der Waals surface area contributed by atoms with Crippen molar-refractivity contribution in [2.75, 3.05) is 0 Å². The molecule has 0 aromatic carbocycles. The molecule has 3 heterocycles. The van der Waals surface area contributed by atoms with E-state index in [0.717, 1.165) is 22.6 Å². The minimum absolute atomic E-state index is 0.209. The predicted octanol–water partition coefficient (Wildman–Crippen LogP) is 4.06. The second kappa shape index (κ2) is 5.82. The lowest BCUT2D eigenvalue weighted by molar-refractivity contribution is -0.159. The van der Waals surface area contributed by atoms with Crippen molar-refractivity contribution in [3.8, 4) is 10.7 Å². The molecule has 0 N–H and O–H groups in total. The second-order valence-electron chi connectivity index (χ2n) is 5.01. The largest absolute Gasteiger partial charge is 0.471 e. The number of alkyl halides is 3. The third-order valence-electron chi connectivity index (χ3n) is 3.30. The van der Waals surface area contributed by atoms with Crippen molar-refractivity contribution in [2.24, 2.45) is 0 Å². The average molecular weight is 353 g/mol. The number of rotatable bonds is 3. The van der Waals surface area contributed by atoms with Crippen LogP contribution in [0.3, 0.4) is 0 Å². The summed E-state index contributed by atoms with van der Waals surface area (Å²) in [7, 11) is 0. The van der Waals surface area contributed by atoms with Gasteiger partial charge in [0, 0.05) is 5.69 Å². The summed E-state index contributed by atoms with van der Waals surface area (Å²) in [6, 6.07) is 6.38. The molecule has 5 nitrogen and oxygen atoms in total. The number of thiophene rings is 1. The SMILES string of the molecule is Cc1ccc(C(=O)c2ccc(-c3noc(C(F)(F)F)n3)s2)nc1C. The minimum atomic E-state index is -4.70. The smallest absolute Gasteiger partial charge is 0.329 e. The van der Waals surface area contributed by atoms with Crippen molar-refractivity contribution in [1.29, 1.82) is 0 Å². The highest BCUT2D eigenvalue weighted by Crippen LogP contribution is 2.32. The zero-order chi connectivity index (χ0) is 17.5. The molecule has 0 amide bonds. The van der Waals surface area contributed by atoms with Gasteiger partial charge in [0.2, 0.25) is 11.6 Å². The fraction of sp³-hybridized carbons (Fsp3) is 0.200. The number of carbonyl (C=O) groups excluding carboxylic acids is 1. The standard InChI is InChI=1S/C15H10F3N3O2S/c1-7-3-4-9(19-8(7)2)12(22)10-5-6-11(24-10)13-20-14(23-21-13)15(16,17)18/h3-6H,1-2H3. The Bertz CT molecular complexity index is 915. The summed E-state index contributed by atoms with van der Waals surface area (Å²) in [4.78, 5) is 20.6. The topological polar surface area (TPSA) is 68.9 Å². The Kier molecular flexibility index (Phi) is 3.96. The Morgan fingerprint density at radius 1 is 1.12 bits per heavy atom. The van der Waals surface area contributed by atoms with Crippen molar-refractivity contribution in [1.82, 2.24) is 15.1 Å². The van der Waals surface area contributed by atoms with Gasteiger partial charge < -0.3 is 4.52 Å². The van der Waals surface area contributed by atoms with Crippen LogP contribution in [0.2, 0.25) is 0 Å². The van der Waals surface area contributed by atoms with E-state index in [0.29, 0.717) is 9.75 Å². The third-order valence-corrected chi connectivity index (χ3v) is 4.38. The van der Waals surface area contributed by atoms with Crippen LogP contribution < -0.4 is 0 Å². The molecule has 0 fully saturated rings. The fourth-order valence-electron chi connectivity index (χ4n) is 1.90. The summed E-state index contributed by atoms with van der Waals surface area (Å²) in [6.45, 7) is 3.68. The highest BCUT2D eigenvalue weighted by atomic mass is 32.1. The van der Waals surface area contributed by atoms with Crippen LogP contribution in [0.15, 0.2) is 28.8 Å². The molecule has 0 aliphatic rings. The molecule has 0 saturated heterocycles. The van der Waals surface area contributed by atoms with E-state index in [9.17, 15) is 18.0 Å². The van der Waals surface area contributed by atoms with Crippen molar-refractivity contribution in [3.05, 3.63) is 52.0 Å². The van der Waals surface area contributed by atoms with Crippen LogP contribution in [0.5, 0.6) is 0 Å². The molecular formula is C15H10F3N3O2S. The van der Waals surface area contributed by atoms with Crippen LogP contribution in [0.1, 0.15) is 32.5 Å². The van der Waals surface area contributed by atoms with E-state index in [2.05, 4.69) is 19.6 Å². The molecule has 124 valence electrons. The van der Waals surface area contributed by atoms with E-state index in [1.807, 2.05) is 6.92 Å². The Morgan fingerprint density at radius 3 is 2.50 bits per heavy atom. The first-order chi connectivity index (χ1) is 11.3. The lowest BCUT2D eigenvalue weighted by atomic mass is 10.1. The molecule has 0 spiro atoms. The zero-order valence-corrected chi connectivity index (χ0v) is 13.3. The van der Waals surface area contributed by atoms with Gasteiger partial charge in [0.05, 0.1) is 9.75 Å². The molecule has 0 unspecified atom stereocenters. The first kappa shape index (κ1) is 16.3. The molecule has 0 atom stereocenters. The van der Waals surface area contributed by atoms with E-state index in [-0.39, 0.29) is 17.3 Å².